The minimum atomic E-state index is -0.444. The van der Waals surface area contributed by atoms with Crippen LogP contribution in [0, 0.1) is 0 Å². The van der Waals surface area contributed by atoms with Gasteiger partial charge in [-0.05, 0) is 36.6 Å². The van der Waals surface area contributed by atoms with Gasteiger partial charge in [0.2, 0.25) is 5.91 Å². The number of hydrogen-bond acceptors (Lipinski definition) is 4. The van der Waals surface area contributed by atoms with Crippen LogP contribution in [0.1, 0.15) is 59.8 Å². The Bertz CT molecular complexity index is 781. The molecule has 2 amide bonds. The lowest BCUT2D eigenvalue weighted by atomic mass is 9.91. The number of fused-ring (bicyclic) bond motifs is 1. The highest BCUT2D eigenvalue weighted by atomic mass is 16.3. The van der Waals surface area contributed by atoms with E-state index in [9.17, 15) is 9.59 Å². The second kappa shape index (κ2) is 7.32. The van der Waals surface area contributed by atoms with E-state index >= 15 is 0 Å². The summed E-state index contributed by atoms with van der Waals surface area (Å²) in [5.74, 6) is -0.377. The fraction of sp³-hybridized carbons (Fsp3) is 0.450. The third-order valence-electron chi connectivity index (χ3n) is 5.31. The highest BCUT2D eigenvalue weighted by Gasteiger charge is 2.35. The first-order valence-electron chi connectivity index (χ1n) is 9.29. The maximum absolute atomic E-state index is 13.0. The molecule has 3 heterocycles. The summed E-state index contributed by atoms with van der Waals surface area (Å²) in [6.07, 6.45) is 8.82. The Morgan fingerprint density at radius 2 is 2.00 bits per heavy atom. The molecule has 1 saturated carbocycles. The summed E-state index contributed by atoms with van der Waals surface area (Å²) in [5.41, 5.74) is 1.70. The van der Waals surface area contributed by atoms with Crippen molar-refractivity contribution in [2.45, 2.75) is 50.6 Å². The monoisotopic (exact) mass is 353 g/mol. The topological polar surface area (TPSA) is 75.4 Å². The highest BCUT2D eigenvalue weighted by Crippen LogP contribution is 2.28. The third-order valence-corrected chi connectivity index (χ3v) is 5.31. The smallest absolute Gasteiger partial charge is 0.289 e. The SMILES string of the molecule is O=C(NC1CCCCC1)C1CN(C(=O)c2ccco2)Cc2cccnc21. The molecule has 4 rings (SSSR count). The van der Waals surface area contributed by atoms with Crippen LogP contribution in [-0.4, -0.2) is 34.3 Å². The van der Waals surface area contributed by atoms with Crippen molar-refractivity contribution < 1.29 is 14.0 Å². The third kappa shape index (κ3) is 3.36. The number of pyridine rings is 1. The second-order valence-electron chi connectivity index (χ2n) is 7.11. The second-order valence-corrected chi connectivity index (χ2v) is 7.11. The van der Waals surface area contributed by atoms with Crippen LogP contribution in [0.5, 0.6) is 0 Å². The summed E-state index contributed by atoms with van der Waals surface area (Å²) in [7, 11) is 0. The Labute approximate surface area is 152 Å². The number of nitrogens with one attached hydrogen (secondary N) is 1. The van der Waals surface area contributed by atoms with Crippen LogP contribution in [0.3, 0.4) is 0 Å². The fourth-order valence-electron chi connectivity index (χ4n) is 3.94. The van der Waals surface area contributed by atoms with Crippen molar-refractivity contribution in [1.82, 2.24) is 15.2 Å². The van der Waals surface area contributed by atoms with Crippen LogP contribution in [0.25, 0.3) is 0 Å². The zero-order valence-electron chi connectivity index (χ0n) is 14.7. The molecular formula is C20H23N3O3. The van der Waals surface area contributed by atoms with E-state index in [0.29, 0.717) is 18.8 Å². The maximum atomic E-state index is 13.0. The van der Waals surface area contributed by atoms with Gasteiger partial charge in [-0.2, -0.15) is 0 Å². The summed E-state index contributed by atoms with van der Waals surface area (Å²) in [5, 5.41) is 3.18. The zero-order chi connectivity index (χ0) is 17.9. The van der Waals surface area contributed by atoms with Crippen LogP contribution >= 0.6 is 0 Å². The molecule has 1 fully saturated rings. The minimum Gasteiger partial charge on any atom is -0.459 e. The van der Waals surface area contributed by atoms with Gasteiger partial charge in [0.1, 0.15) is 0 Å². The first kappa shape index (κ1) is 16.8. The van der Waals surface area contributed by atoms with Crippen molar-refractivity contribution in [3.05, 3.63) is 53.7 Å². The molecule has 26 heavy (non-hydrogen) atoms. The van der Waals surface area contributed by atoms with Gasteiger partial charge in [-0.3, -0.25) is 14.6 Å². The lowest BCUT2D eigenvalue weighted by Gasteiger charge is -2.34. The standard InChI is InChI=1S/C20H23N3O3/c24-19(22-15-7-2-1-3-8-15)16-13-23(20(25)17-9-5-11-26-17)12-14-6-4-10-21-18(14)16/h4-6,9-11,15-16H,1-3,7-8,12-13H2,(H,22,24). The van der Waals surface area contributed by atoms with E-state index in [4.69, 9.17) is 4.42 Å². The summed E-state index contributed by atoms with van der Waals surface area (Å²) >= 11 is 0. The van der Waals surface area contributed by atoms with E-state index in [-0.39, 0.29) is 17.9 Å². The van der Waals surface area contributed by atoms with Crippen molar-refractivity contribution in [1.29, 1.82) is 0 Å². The molecule has 1 atom stereocenters. The van der Waals surface area contributed by atoms with Crippen LogP contribution in [0.2, 0.25) is 0 Å². The van der Waals surface area contributed by atoms with E-state index in [0.717, 1.165) is 36.9 Å². The number of carbonyl (C=O) groups is 2. The van der Waals surface area contributed by atoms with Gasteiger partial charge >= 0.3 is 0 Å². The molecule has 2 aliphatic rings. The number of amides is 2. The predicted octanol–water partition coefficient (Wildman–Crippen LogP) is 2.86. The Balaban J connectivity index is 1.56. The Kier molecular flexibility index (Phi) is 4.73. The van der Waals surface area contributed by atoms with Crippen LogP contribution in [0.4, 0.5) is 0 Å². The van der Waals surface area contributed by atoms with E-state index in [1.54, 1.807) is 23.2 Å². The van der Waals surface area contributed by atoms with Crippen LogP contribution < -0.4 is 5.32 Å². The summed E-state index contributed by atoms with van der Waals surface area (Å²) in [4.78, 5) is 31.8. The fourth-order valence-corrected chi connectivity index (χ4v) is 3.94. The molecule has 0 bridgehead atoms. The van der Waals surface area contributed by atoms with Gasteiger partial charge in [-0.1, -0.05) is 25.3 Å². The molecule has 0 radical (unpaired) electrons. The normalized spacial score (nSPS) is 20.5. The average Bonchev–Trinajstić information content (AvgIpc) is 3.22. The number of rotatable bonds is 3. The first-order chi connectivity index (χ1) is 12.7. The number of aromatic nitrogens is 1. The van der Waals surface area contributed by atoms with E-state index < -0.39 is 5.92 Å². The lowest BCUT2D eigenvalue weighted by Crippen LogP contribution is -2.46. The van der Waals surface area contributed by atoms with Gasteiger partial charge in [0, 0.05) is 25.3 Å². The zero-order valence-corrected chi connectivity index (χ0v) is 14.7. The molecule has 1 unspecified atom stereocenters. The summed E-state index contributed by atoms with van der Waals surface area (Å²) in [6.45, 7) is 0.762. The Hall–Kier alpha value is -2.63. The number of hydrogen-bond donors (Lipinski definition) is 1. The van der Waals surface area contributed by atoms with Crippen molar-refractivity contribution in [3.8, 4) is 0 Å². The summed E-state index contributed by atoms with van der Waals surface area (Å²) in [6, 6.07) is 7.36. The number of carbonyl (C=O) groups excluding carboxylic acids is 2. The van der Waals surface area contributed by atoms with Crippen molar-refractivity contribution in [2.24, 2.45) is 0 Å². The van der Waals surface area contributed by atoms with E-state index in [1.807, 2.05) is 12.1 Å². The molecule has 1 aliphatic heterocycles. The molecule has 1 N–H and O–H groups in total. The molecule has 2 aromatic rings. The largest absolute Gasteiger partial charge is 0.459 e. The highest BCUT2D eigenvalue weighted by molar-refractivity contribution is 5.93. The first-order valence-corrected chi connectivity index (χ1v) is 9.29. The van der Waals surface area contributed by atoms with E-state index in [2.05, 4.69) is 10.3 Å². The minimum absolute atomic E-state index is 0.0335. The molecule has 2 aromatic heterocycles. The van der Waals surface area contributed by atoms with Gasteiger partial charge in [0.05, 0.1) is 17.9 Å². The number of furan rings is 1. The van der Waals surface area contributed by atoms with Gasteiger partial charge < -0.3 is 14.6 Å². The average molecular weight is 353 g/mol. The molecular weight excluding hydrogens is 330 g/mol. The van der Waals surface area contributed by atoms with E-state index in [1.165, 1.54) is 12.7 Å². The lowest BCUT2D eigenvalue weighted by molar-refractivity contribution is -0.124. The molecule has 0 aromatic carbocycles. The van der Waals surface area contributed by atoms with Gasteiger partial charge in [0.15, 0.2) is 5.76 Å². The molecule has 6 nitrogen and oxygen atoms in total. The van der Waals surface area contributed by atoms with Gasteiger partial charge in [-0.15, -0.1) is 0 Å². The summed E-state index contributed by atoms with van der Waals surface area (Å²) < 4.78 is 5.25. The predicted molar refractivity (Wildman–Crippen MR) is 95.4 cm³/mol. The Morgan fingerprint density at radius 1 is 1.15 bits per heavy atom. The van der Waals surface area contributed by atoms with Crippen molar-refractivity contribution in [3.63, 3.8) is 0 Å². The van der Waals surface area contributed by atoms with Crippen LogP contribution in [-0.2, 0) is 11.3 Å². The molecule has 0 spiro atoms. The van der Waals surface area contributed by atoms with Crippen molar-refractivity contribution in [2.75, 3.05) is 6.54 Å². The number of nitrogens with zero attached hydrogens (tertiary/aromatic N) is 2. The molecule has 136 valence electrons. The molecule has 6 heteroatoms. The molecule has 0 saturated heterocycles. The Morgan fingerprint density at radius 3 is 2.77 bits per heavy atom. The maximum Gasteiger partial charge on any atom is 0.289 e. The molecule has 1 aliphatic carbocycles. The quantitative estimate of drug-likeness (QED) is 0.921. The van der Waals surface area contributed by atoms with Gasteiger partial charge in [0.25, 0.3) is 5.91 Å². The van der Waals surface area contributed by atoms with Crippen LogP contribution in [0.15, 0.2) is 41.1 Å². The van der Waals surface area contributed by atoms with Gasteiger partial charge in [-0.25, -0.2) is 0 Å². The van der Waals surface area contributed by atoms with Crippen molar-refractivity contribution >= 4 is 11.8 Å².